The predicted molar refractivity (Wildman–Crippen MR) is 69.8 cm³/mol. The van der Waals surface area contributed by atoms with E-state index < -0.39 is 0 Å². The Kier molecular flexibility index (Phi) is 3.67. The molecule has 0 saturated heterocycles. The summed E-state index contributed by atoms with van der Waals surface area (Å²) in [5.74, 6) is 0.695. The summed E-state index contributed by atoms with van der Waals surface area (Å²) in [6, 6.07) is 10.8. The molecule has 1 unspecified atom stereocenters. The van der Waals surface area contributed by atoms with E-state index in [2.05, 4.69) is 5.32 Å². The number of benzene rings is 1. The van der Waals surface area contributed by atoms with E-state index in [1.165, 1.54) is 0 Å². The van der Waals surface area contributed by atoms with Crippen LogP contribution in [-0.4, -0.2) is 5.91 Å². The number of carbonyl (C=O) groups is 1. The second-order valence-electron chi connectivity index (χ2n) is 4.23. The number of furan rings is 1. The first-order chi connectivity index (χ1) is 8.65. The van der Waals surface area contributed by atoms with Crippen LogP contribution in [0.2, 0.25) is 0 Å². The van der Waals surface area contributed by atoms with Crippen molar-refractivity contribution in [1.29, 1.82) is 0 Å². The molecule has 18 heavy (non-hydrogen) atoms. The van der Waals surface area contributed by atoms with Crippen molar-refractivity contribution < 1.29 is 9.21 Å². The van der Waals surface area contributed by atoms with Gasteiger partial charge in [-0.15, -0.1) is 0 Å². The number of amides is 1. The van der Waals surface area contributed by atoms with Crippen LogP contribution < -0.4 is 11.1 Å². The van der Waals surface area contributed by atoms with Crippen LogP contribution in [0.4, 0.5) is 5.69 Å². The molecule has 0 aliphatic carbocycles. The number of hydrogen-bond donors (Lipinski definition) is 2. The van der Waals surface area contributed by atoms with E-state index in [-0.39, 0.29) is 11.9 Å². The van der Waals surface area contributed by atoms with Gasteiger partial charge in [-0.1, -0.05) is 12.1 Å². The van der Waals surface area contributed by atoms with Crippen LogP contribution in [-0.2, 0) is 11.2 Å². The molecule has 2 rings (SSSR count). The molecule has 1 heterocycles. The highest BCUT2D eigenvalue weighted by Gasteiger charge is 2.11. The van der Waals surface area contributed by atoms with Crippen molar-refractivity contribution in [1.82, 2.24) is 5.32 Å². The van der Waals surface area contributed by atoms with Gasteiger partial charge in [0.2, 0.25) is 5.91 Å². The number of rotatable bonds is 4. The molecule has 2 aromatic rings. The highest BCUT2D eigenvalue weighted by molar-refractivity contribution is 5.79. The van der Waals surface area contributed by atoms with Gasteiger partial charge in [0, 0.05) is 5.69 Å². The fourth-order valence-corrected chi connectivity index (χ4v) is 1.79. The molecule has 1 aromatic heterocycles. The maximum absolute atomic E-state index is 11.8. The van der Waals surface area contributed by atoms with Gasteiger partial charge < -0.3 is 15.5 Å². The molecule has 0 aliphatic heterocycles. The smallest absolute Gasteiger partial charge is 0.225 e. The van der Waals surface area contributed by atoms with Crippen LogP contribution in [0.15, 0.2) is 47.1 Å². The van der Waals surface area contributed by atoms with Gasteiger partial charge in [0.05, 0.1) is 18.7 Å². The van der Waals surface area contributed by atoms with Gasteiger partial charge in [0.25, 0.3) is 0 Å². The van der Waals surface area contributed by atoms with E-state index in [1.54, 1.807) is 24.5 Å². The lowest BCUT2D eigenvalue weighted by Gasteiger charge is -2.11. The van der Waals surface area contributed by atoms with Gasteiger partial charge in [0.15, 0.2) is 0 Å². The van der Waals surface area contributed by atoms with Crippen LogP contribution in [0.3, 0.4) is 0 Å². The largest absolute Gasteiger partial charge is 0.467 e. The summed E-state index contributed by atoms with van der Waals surface area (Å²) in [6.07, 6.45) is 1.91. The minimum absolute atomic E-state index is 0.0514. The van der Waals surface area contributed by atoms with E-state index in [0.717, 1.165) is 11.3 Å². The monoisotopic (exact) mass is 244 g/mol. The first kappa shape index (κ1) is 12.2. The fraction of sp³-hybridized carbons (Fsp3) is 0.214. The molecule has 4 heteroatoms. The van der Waals surface area contributed by atoms with E-state index in [0.29, 0.717) is 12.1 Å². The summed E-state index contributed by atoms with van der Waals surface area (Å²) in [5.41, 5.74) is 7.23. The standard InChI is InChI=1S/C14H16N2O2/c1-10(13-6-3-7-18-13)16-14(17)9-11-4-2-5-12(15)8-11/h2-8,10H,9,15H2,1H3,(H,16,17). The van der Waals surface area contributed by atoms with Crippen LogP contribution in [0.1, 0.15) is 24.3 Å². The molecule has 3 N–H and O–H groups in total. The zero-order chi connectivity index (χ0) is 13.0. The topological polar surface area (TPSA) is 68.3 Å². The van der Waals surface area contributed by atoms with Crippen LogP contribution >= 0.6 is 0 Å². The zero-order valence-electron chi connectivity index (χ0n) is 10.2. The number of nitrogen functional groups attached to an aromatic ring is 1. The Morgan fingerprint density at radius 3 is 2.89 bits per heavy atom. The Hall–Kier alpha value is -2.23. The van der Waals surface area contributed by atoms with Crippen LogP contribution in [0.5, 0.6) is 0 Å². The SMILES string of the molecule is CC(NC(=O)Cc1cccc(N)c1)c1ccco1. The summed E-state index contributed by atoms with van der Waals surface area (Å²) < 4.78 is 5.23. The fourth-order valence-electron chi connectivity index (χ4n) is 1.79. The molecular formula is C14H16N2O2. The molecule has 0 spiro atoms. The van der Waals surface area contributed by atoms with Crippen molar-refractivity contribution in [3.05, 3.63) is 54.0 Å². The van der Waals surface area contributed by atoms with E-state index >= 15 is 0 Å². The predicted octanol–water partition coefficient (Wildman–Crippen LogP) is 2.28. The van der Waals surface area contributed by atoms with Crippen molar-refractivity contribution in [2.45, 2.75) is 19.4 Å². The number of carbonyl (C=O) groups excluding carboxylic acids is 1. The molecule has 4 nitrogen and oxygen atoms in total. The normalized spacial score (nSPS) is 12.1. The molecule has 0 bridgehead atoms. The number of anilines is 1. The quantitative estimate of drug-likeness (QED) is 0.811. The molecule has 0 fully saturated rings. The van der Waals surface area contributed by atoms with E-state index in [4.69, 9.17) is 10.2 Å². The summed E-state index contributed by atoms with van der Waals surface area (Å²) in [5, 5.41) is 2.88. The molecule has 1 atom stereocenters. The first-order valence-electron chi connectivity index (χ1n) is 5.82. The maximum atomic E-state index is 11.8. The van der Waals surface area contributed by atoms with Gasteiger partial charge in [-0.2, -0.15) is 0 Å². The summed E-state index contributed by atoms with van der Waals surface area (Å²) in [4.78, 5) is 11.8. The number of hydrogen-bond acceptors (Lipinski definition) is 3. The number of nitrogens with one attached hydrogen (secondary N) is 1. The van der Waals surface area contributed by atoms with Crippen molar-refractivity contribution in [2.24, 2.45) is 0 Å². The van der Waals surface area contributed by atoms with Gasteiger partial charge in [0.1, 0.15) is 5.76 Å². The van der Waals surface area contributed by atoms with Gasteiger partial charge in [-0.25, -0.2) is 0 Å². The lowest BCUT2D eigenvalue weighted by atomic mass is 10.1. The maximum Gasteiger partial charge on any atom is 0.225 e. The van der Waals surface area contributed by atoms with Crippen molar-refractivity contribution in [2.75, 3.05) is 5.73 Å². The highest BCUT2D eigenvalue weighted by Crippen LogP contribution is 2.13. The number of nitrogens with two attached hydrogens (primary N) is 1. The van der Waals surface area contributed by atoms with Crippen LogP contribution in [0, 0.1) is 0 Å². The Morgan fingerprint density at radius 2 is 2.22 bits per heavy atom. The Morgan fingerprint density at radius 1 is 1.39 bits per heavy atom. The van der Waals surface area contributed by atoms with Crippen molar-refractivity contribution in [3.8, 4) is 0 Å². The lowest BCUT2D eigenvalue weighted by molar-refractivity contribution is -0.121. The molecule has 0 radical (unpaired) electrons. The molecule has 0 saturated carbocycles. The van der Waals surface area contributed by atoms with E-state index in [1.807, 2.05) is 25.1 Å². The molecule has 94 valence electrons. The van der Waals surface area contributed by atoms with Gasteiger partial charge in [-0.05, 0) is 36.8 Å². The molecule has 1 amide bonds. The third-order valence-corrected chi connectivity index (χ3v) is 2.66. The summed E-state index contributed by atoms with van der Waals surface area (Å²) in [6.45, 7) is 1.89. The second-order valence-corrected chi connectivity index (χ2v) is 4.23. The zero-order valence-corrected chi connectivity index (χ0v) is 10.2. The lowest BCUT2D eigenvalue weighted by Crippen LogP contribution is -2.27. The van der Waals surface area contributed by atoms with Crippen LogP contribution in [0.25, 0.3) is 0 Å². The molecule has 1 aromatic carbocycles. The Bertz CT molecular complexity index is 520. The highest BCUT2D eigenvalue weighted by atomic mass is 16.3. The third kappa shape index (κ3) is 3.13. The average Bonchev–Trinajstić information content (AvgIpc) is 2.81. The molecule has 0 aliphatic rings. The van der Waals surface area contributed by atoms with Gasteiger partial charge >= 0.3 is 0 Å². The van der Waals surface area contributed by atoms with Crippen molar-refractivity contribution >= 4 is 11.6 Å². The van der Waals surface area contributed by atoms with E-state index in [9.17, 15) is 4.79 Å². The summed E-state index contributed by atoms with van der Waals surface area (Å²) >= 11 is 0. The minimum Gasteiger partial charge on any atom is -0.467 e. The third-order valence-electron chi connectivity index (χ3n) is 2.66. The Balaban J connectivity index is 1.93. The second kappa shape index (κ2) is 5.40. The minimum atomic E-state index is -0.131. The summed E-state index contributed by atoms with van der Waals surface area (Å²) in [7, 11) is 0. The first-order valence-corrected chi connectivity index (χ1v) is 5.82. The van der Waals surface area contributed by atoms with Gasteiger partial charge in [-0.3, -0.25) is 4.79 Å². The Labute approximate surface area is 106 Å². The van der Waals surface area contributed by atoms with Crippen molar-refractivity contribution in [3.63, 3.8) is 0 Å². The molecular weight excluding hydrogens is 228 g/mol. The average molecular weight is 244 g/mol.